The summed E-state index contributed by atoms with van der Waals surface area (Å²) in [6, 6.07) is 1.81. The Bertz CT molecular complexity index is 389. The lowest BCUT2D eigenvalue weighted by atomic mass is 9.72. The Balaban J connectivity index is 2.31. The van der Waals surface area contributed by atoms with Crippen molar-refractivity contribution < 1.29 is 4.79 Å². The third-order valence-electron chi connectivity index (χ3n) is 3.69. The SMILES string of the molecule is CC(C)C1(C(=O)c2ccn(C)n2)CCNC1. The molecule has 1 atom stereocenters. The van der Waals surface area contributed by atoms with Crippen LogP contribution in [0.15, 0.2) is 12.3 Å². The summed E-state index contributed by atoms with van der Waals surface area (Å²) in [5, 5.41) is 7.52. The number of nitrogens with zero attached hydrogens (tertiary/aromatic N) is 2. The zero-order valence-electron chi connectivity index (χ0n) is 10.2. The predicted molar refractivity (Wildman–Crippen MR) is 62.3 cm³/mol. The van der Waals surface area contributed by atoms with Gasteiger partial charge < -0.3 is 5.32 Å². The van der Waals surface area contributed by atoms with Gasteiger partial charge in [-0.2, -0.15) is 5.10 Å². The lowest BCUT2D eigenvalue weighted by Gasteiger charge is -2.30. The van der Waals surface area contributed by atoms with Gasteiger partial charge in [0, 0.05) is 19.8 Å². The average Bonchev–Trinajstić information content (AvgIpc) is 2.85. The van der Waals surface area contributed by atoms with Crippen LogP contribution in [0.2, 0.25) is 0 Å². The highest BCUT2D eigenvalue weighted by Crippen LogP contribution is 2.37. The summed E-state index contributed by atoms with van der Waals surface area (Å²) in [5.74, 6) is 0.533. The third kappa shape index (κ3) is 1.67. The van der Waals surface area contributed by atoms with Crippen molar-refractivity contribution in [2.75, 3.05) is 13.1 Å². The van der Waals surface area contributed by atoms with E-state index in [9.17, 15) is 4.79 Å². The maximum atomic E-state index is 12.5. The molecule has 88 valence electrons. The van der Waals surface area contributed by atoms with E-state index in [0.29, 0.717) is 11.6 Å². The maximum absolute atomic E-state index is 12.5. The van der Waals surface area contributed by atoms with Crippen molar-refractivity contribution in [1.29, 1.82) is 0 Å². The zero-order chi connectivity index (χ0) is 11.8. The minimum atomic E-state index is -0.256. The van der Waals surface area contributed by atoms with Crippen molar-refractivity contribution in [1.82, 2.24) is 15.1 Å². The molecule has 1 aromatic rings. The summed E-state index contributed by atoms with van der Waals surface area (Å²) in [6.45, 7) is 5.94. The summed E-state index contributed by atoms with van der Waals surface area (Å²) in [7, 11) is 1.84. The number of carbonyl (C=O) groups excluding carboxylic acids is 1. The second-order valence-corrected chi connectivity index (χ2v) is 4.94. The van der Waals surface area contributed by atoms with E-state index in [1.54, 1.807) is 4.68 Å². The Labute approximate surface area is 96.0 Å². The van der Waals surface area contributed by atoms with Crippen molar-refractivity contribution in [3.8, 4) is 0 Å². The van der Waals surface area contributed by atoms with E-state index in [0.717, 1.165) is 19.5 Å². The van der Waals surface area contributed by atoms with Gasteiger partial charge in [-0.15, -0.1) is 0 Å². The molecule has 4 nitrogen and oxygen atoms in total. The van der Waals surface area contributed by atoms with Gasteiger partial charge >= 0.3 is 0 Å². The van der Waals surface area contributed by atoms with Crippen molar-refractivity contribution in [3.05, 3.63) is 18.0 Å². The van der Waals surface area contributed by atoms with Gasteiger partial charge in [0.2, 0.25) is 0 Å². The van der Waals surface area contributed by atoms with E-state index in [1.807, 2.05) is 19.3 Å². The molecule has 0 saturated carbocycles. The van der Waals surface area contributed by atoms with Gasteiger partial charge in [0.25, 0.3) is 0 Å². The quantitative estimate of drug-likeness (QED) is 0.781. The van der Waals surface area contributed by atoms with Gasteiger partial charge in [-0.1, -0.05) is 13.8 Å². The van der Waals surface area contributed by atoms with Crippen molar-refractivity contribution in [2.24, 2.45) is 18.4 Å². The average molecular weight is 221 g/mol. The maximum Gasteiger partial charge on any atom is 0.190 e. The van der Waals surface area contributed by atoms with Crippen molar-refractivity contribution >= 4 is 5.78 Å². The van der Waals surface area contributed by atoms with Crippen LogP contribution >= 0.6 is 0 Å². The number of rotatable bonds is 3. The van der Waals surface area contributed by atoms with E-state index < -0.39 is 0 Å². The Hall–Kier alpha value is -1.16. The molecule has 2 rings (SSSR count). The number of carbonyl (C=O) groups is 1. The Morgan fingerprint density at radius 3 is 2.81 bits per heavy atom. The van der Waals surface area contributed by atoms with Crippen LogP contribution in [0.5, 0.6) is 0 Å². The van der Waals surface area contributed by atoms with Gasteiger partial charge in [-0.25, -0.2) is 0 Å². The van der Waals surface area contributed by atoms with Crippen LogP contribution in [-0.2, 0) is 7.05 Å². The van der Waals surface area contributed by atoms with Crippen molar-refractivity contribution in [3.63, 3.8) is 0 Å². The molecule has 1 aromatic heterocycles. The highest BCUT2D eigenvalue weighted by molar-refractivity contribution is 5.99. The van der Waals surface area contributed by atoms with Crippen LogP contribution < -0.4 is 5.32 Å². The Morgan fingerprint density at radius 2 is 2.38 bits per heavy atom. The fraction of sp³-hybridized carbons (Fsp3) is 0.667. The molecule has 0 bridgehead atoms. The van der Waals surface area contributed by atoms with Crippen LogP contribution in [0.3, 0.4) is 0 Å². The lowest BCUT2D eigenvalue weighted by Crippen LogP contribution is -2.38. The minimum absolute atomic E-state index is 0.188. The number of aromatic nitrogens is 2. The summed E-state index contributed by atoms with van der Waals surface area (Å²) in [6.07, 6.45) is 2.74. The van der Waals surface area contributed by atoms with E-state index in [1.165, 1.54) is 0 Å². The molecule has 1 saturated heterocycles. The molecule has 1 aliphatic rings. The molecule has 0 spiro atoms. The monoisotopic (exact) mass is 221 g/mol. The van der Waals surface area contributed by atoms with Crippen LogP contribution in [0.25, 0.3) is 0 Å². The molecule has 0 aromatic carbocycles. The fourth-order valence-electron chi connectivity index (χ4n) is 2.45. The largest absolute Gasteiger partial charge is 0.316 e. The van der Waals surface area contributed by atoms with Crippen LogP contribution in [-0.4, -0.2) is 28.7 Å². The standard InChI is InChI=1S/C12H19N3O/c1-9(2)12(5-6-13-8-12)11(16)10-4-7-15(3)14-10/h4,7,9,13H,5-6,8H2,1-3H3. The molecule has 0 aliphatic carbocycles. The normalized spacial score (nSPS) is 25.2. The number of nitrogens with one attached hydrogen (secondary N) is 1. The van der Waals surface area contributed by atoms with Gasteiger partial charge in [-0.05, 0) is 24.9 Å². The van der Waals surface area contributed by atoms with Gasteiger partial charge in [0.05, 0.1) is 5.41 Å². The van der Waals surface area contributed by atoms with Crippen molar-refractivity contribution in [2.45, 2.75) is 20.3 Å². The molecule has 0 amide bonds. The molecular weight excluding hydrogens is 202 g/mol. The summed E-state index contributed by atoms with van der Waals surface area (Å²) in [4.78, 5) is 12.5. The first-order chi connectivity index (χ1) is 7.56. The van der Waals surface area contributed by atoms with E-state index in [4.69, 9.17) is 0 Å². The van der Waals surface area contributed by atoms with E-state index in [2.05, 4.69) is 24.3 Å². The van der Waals surface area contributed by atoms with Crippen LogP contribution in [0.4, 0.5) is 0 Å². The fourth-order valence-corrected chi connectivity index (χ4v) is 2.45. The summed E-state index contributed by atoms with van der Waals surface area (Å²) >= 11 is 0. The number of hydrogen-bond donors (Lipinski definition) is 1. The molecule has 1 unspecified atom stereocenters. The van der Waals surface area contributed by atoms with Crippen LogP contribution in [0.1, 0.15) is 30.8 Å². The zero-order valence-corrected chi connectivity index (χ0v) is 10.2. The smallest absolute Gasteiger partial charge is 0.190 e. The first kappa shape index (κ1) is 11.3. The second-order valence-electron chi connectivity index (χ2n) is 4.94. The second kappa shape index (κ2) is 4.01. The molecule has 1 fully saturated rings. The molecule has 0 radical (unpaired) electrons. The van der Waals surface area contributed by atoms with Gasteiger partial charge in [0.1, 0.15) is 5.69 Å². The van der Waals surface area contributed by atoms with E-state index >= 15 is 0 Å². The lowest BCUT2D eigenvalue weighted by molar-refractivity contribution is 0.0733. The predicted octanol–water partition coefficient (Wildman–Crippen LogP) is 1.24. The number of ketones is 1. The first-order valence-corrected chi connectivity index (χ1v) is 5.81. The highest BCUT2D eigenvalue weighted by Gasteiger charge is 2.44. The third-order valence-corrected chi connectivity index (χ3v) is 3.69. The number of Topliss-reactive ketones (excluding diaryl/α,β-unsaturated/α-hetero) is 1. The summed E-state index contributed by atoms with van der Waals surface area (Å²) in [5.41, 5.74) is 0.342. The van der Waals surface area contributed by atoms with E-state index in [-0.39, 0.29) is 11.2 Å². The topological polar surface area (TPSA) is 46.9 Å². The first-order valence-electron chi connectivity index (χ1n) is 5.81. The van der Waals surface area contributed by atoms with Gasteiger partial charge in [-0.3, -0.25) is 9.48 Å². The minimum Gasteiger partial charge on any atom is -0.316 e. The Kier molecular flexibility index (Phi) is 2.84. The Morgan fingerprint density at radius 1 is 1.62 bits per heavy atom. The molecule has 1 aliphatic heterocycles. The highest BCUT2D eigenvalue weighted by atomic mass is 16.1. The molecule has 16 heavy (non-hydrogen) atoms. The summed E-state index contributed by atoms with van der Waals surface area (Å²) < 4.78 is 1.68. The molecule has 2 heterocycles. The van der Waals surface area contributed by atoms with Crippen LogP contribution in [0, 0.1) is 11.3 Å². The molecule has 1 N–H and O–H groups in total. The molecular formula is C12H19N3O. The molecule has 4 heteroatoms. The number of aryl methyl sites for hydroxylation is 1. The number of hydrogen-bond acceptors (Lipinski definition) is 3. The van der Waals surface area contributed by atoms with Gasteiger partial charge in [0.15, 0.2) is 5.78 Å².